The monoisotopic (exact) mass is 376 g/mol. The van der Waals surface area contributed by atoms with Crippen LogP contribution in [0.25, 0.3) is 6.08 Å². The molecule has 1 heterocycles. The van der Waals surface area contributed by atoms with Gasteiger partial charge in [-0.3, -0.25) is 9.69 Å². The highest BCUT2D eigenvalue weighted by Gasteiger charge is 2.20. The van der Waals surface area contributed by atoms with Crippen molar-refractivity contribution >= 4 is 23.6 Å². The molecule has 0 spiro atoms. The summed E-state index contributed by atoms with van der Waals surface area (Å²) in [6.45, 7) is 3.39. The zero-order valence-corrected chi connectivity index (χ0v) is 14.9. The van der Waals surface area contributed by atoms with E-state index in [-0.39, 0.29) is 11.5 Å². The second-order valence-corrected chi connectivity index (χ2v) is 6.64. The van der Waals surface area contributed by atoms with Gasteiger partial charge in [0, 0.05) is 49.4 Å². The maximum Gasteiger partial charge on any atom is 0.246 e. The average molecular weight is 377 g/mol. The van der Waals surface area contributed by atoms with Crippen LogP contribution in [0.2, 0.25) is 5.02 Å². The molecule has 1 aliphatic heterocycles. The molecule has 0 N–H and O–H groups in total. The molecule has 6 heteroatoms. The van der Waals surface area contributed by atoms with Crippen molar-refractivity contribution in [2.45, 2.75) is 6.54 Å². The van der Waals surface area contributed by atoms with Crippen molar-refractivity contribution in [3.05, 3.63) is 76.3 Å². The first-order chi connectivity index (χ1) is 12.5. The Morgan fingerprint density at radius 1 is 1.04 bits per heavy atom. The van der Waals surface area contributed by atoms with E-state index in [0.717, 1.165) is 25.2 Å². The molecule has 2 aromatic carbocycles. The Balaban J connectivity index is 1.54. The van der Waals surface area contributed by atoms with Gasteiger partial charge in [-0.15, -0.1) is 0 Å². The quantitative estimate of drug-likeness (QED) is 0.754. The molecule has 1 amide bonds. The van der Waals surface area contributed by atoms with Gasteiger partial charge >= 0.3 is 0 Å². The standard InChI is InChI=1S/C20H19ClF2N2O/c21-16-4-1-3-15(13-16)14-24-9-11-25(12-10-24)20(26)8-7-17-18(22)5-2-6-19(17)23/h1-8,13H,9-12,14H2. The lowest BCUT2D eigenvalue weighted by molar-refractivity contribution is -0.127. The molecular weight excluding hydrogens is 358 g/mol. The molecule has 0 bridgehead atoms. The number of rotatable bonds is 4. The van der Waals surface area contributed by atoms with Crippen LogP contribution in [-0.4, -0.2) is 41.9 Å². The van der Waals surface area contributed by atoms with E-state index in [1.54, 1.807) is 4.90 Å². The van der Waals surface area contributed by atoms with Crippen molar-refractivity contribution in [1.29, 1.82) is 0 Å². The number of benzene rings is 2. The molecule has 2 aromatic rings. The van der Waals surface area contributed by atoms with Gasteiger partial charge in [0.15, 0.2) is 0 Å². The number of halogens is 3. The lowest BCUT2D eigenvalue weighted by Gasteiger charge is -2.34. The Bertz CT molecular complexity index is 797. The summed E-state index contributed by atoms with van der Waals surface area (Å²) >= 11 is 6.00. The fourth-order valence-electron chi connectivity index (χ4n) is 2.95. The molecule has 0 radical (unpaired) electrons. The summed E-state index contributed by atoms with van der Waals surface area (Å²) < 4.78 is 27.2. The molecule has 0 saturated carbocycles. The van der Waals surface area contributed by atoms with Gasteiger partial charge in [-0.2, -0.15) is 0 Å². The number of carbonyl (C=O) groups excluding carboxylic acids is 1. The van der Waals surface area contributed by atoms with Gasteiger partial charge in [0.2, 0.25) is 5.91 Å². The molecule has 1 saturated heterocycles. The summed E-state index contributed by atoms with van der Waals surface area (Å²) in [5.74, 6) is -1.60. The van der Waals surface area contributed by atoms with Crippen LogP contribution in [0.3, 0.4) is 0 Å². The van der Waals surface area contributed by atoms with Gasteiger partial charge in [0.25, 0.3) is 0 Å². The number of amides is 1. The lowest BCUT2D eigenvalue weighted by atomic mass is 10.1. The number of hydrogen-bond acceptors (Lipinski definition) is 2. The van der Waals surface area contributed by atoms with Crippen LogP contribution in [0.15, 0.2) is 48.5 Å². The maximum atomic E-state index is 13.6. The highest BCUT2D eigenvalue weighted by Crippen LogP contribution is 2.16. The van der Waals surface area contributed by atoms with Crippen molar-refractivity contribution in [3.8, 4) is 0 Å². The minimum atomic E-state index is -0.680. The highest BCUT2D eigenvalue weighted by molar-refractivity contribution is 6.30. The molecule has 1 aliphatic rings. The van der Waals surface area contributed by atoms with E-state index in [1.807, 2.05) is 24.3 Å². The van der Waals surface area contributed by atoms with E-state index < -0.39 is 11.6 Å². The van der Waals surface area contributed by atoms with Crippen LogP contribution in [-0.2, 0) is 11.3 Å². The smallest absolute Gasteiger partial charge is 0.246 e. The topological polar surface area (TPSA) is 23.6 Å². The summed E-state index contributed by atoms with van der Waals surface area (Å²) in [5, 5.41) is 0.710. The molecule has 3 rings (SSSR count). The molecular formula is C20H19ClF2N2O. The molecule has 1 fully saturated rings. The van der Waals surface area contributed by atoms with E-state index in [0.29, 0.717) is 18.1 Å². The van der Waals surface area contributed by atoms with Crippen LogP contribution in [0.5, 0.6) is 0 Å². The maximum absolute atomic E-state index is 13.6. The Morgan fingerprint density at radius 2 is 1.69 bits per heavy atom. The zero-order valence-electron chi connectivity index (χ0n) is 14.2. The predicted molar refractivity (Wildman–Crippen MR) is 98.7 cm³/mol. The van der Waals surface area contributed by atoms with Crippen LogP contribution in [0.4, 0.5) is 8.78 Å². The van der Waals surface area contributed by atoms with Crippen molar-refractivity contribution in [2.75, 3.05) is 26.2 Å². The van der Waals surface area contributed by atoms with E-state index in [9.17, 15) is 13.6 Å². The Labute approximate surface area is 156 Å². The first kappa shape index (κ1) is 18.5. The van der Waals surface area contributed by atoms with E-state index in [1.165, 1.54) is 30.4 Å². The summed E-state index contributed by atoms with van der Waals surface area (Å²) in [7, 11) is 0. The minimum Gasteiger partial charge on any atom is -0.337 e. The number of piperazine rings is 1. The summed E-state index contributed by atoms with van der Waals surface area (Å²) in [4.78, 5) is 16.2. The number of hydrogen-bond donors (Lipinski definition) is 0. The molecule has 136 valence electrons. The molecule has 0 aliphatic carbocycles. The summed E-state index contributed by atoms with van der Waals surface area (Å²) in [6, 6.07) is 11.4. The van der Waals surface area contributed by atoms with Crippen molar-refractivity contribution in [2.24, 2.45) is 0 Å². The van der Waals surface area contributed by atoms with Gasteiger partial charge in [0.1, 0.15) is 11.6 Å². The first-order valence-corrected chi connectivity index (χ1v) is 8.78. The van der Waals surface area contributed by atoms with Gasteiger partial charge in [0.05, 0.1) is 0 Å². The molecule has 26 heavy (non-hydrogen) atoms. The van der Waals surface area contributed by atoms with Crippen molar-refractivity contribution in [3.63, 3.8) is 0 Å². The second-order valence-electron chi connectivity index (χ2n) is 6.20. The lowest BCUT2D eigenvalue weighted by Crippen LogP contribution is -2.47. The number of carbonyl (C=O) groups is 1. The fourth-order valence-corrected chi connectivity index (χ4v) is 3.16. The Hall–Kier alpha value is -2.24. The molecule has 0 aromatic heterocycles. The van der Waals surface area contributed by atoms with Gasteiger partial charge in [-0.1, -0.05) is 29.8 Å². The Morgan fingerprint density at radius 3 is 2.35 bits per heavy atom. The van der Waals surface area contributed by atoms with Gasteiger partial charge in [-0.25, -0.2) is 8.78 Å². The van der Waals surface area contributed by atoms with Crippen molar-refractivity contribution in [1.82, 2.24) is 9.80 Å². The van der Waals surface area contributed by atoms with Gasteiger partial charge < -0.3 is 4.90 Å². The highest BCUT2D eigenvalue weighted by atomic mass is 35.5. The molecule has 3 nitrogen and oxygen atoms in total. The largest absolute Gasteiger partial charge is 0.337 e. The van der Waals surface area contributed by atoms with E-state index in [2.05, 4.69) is 4.90 Å². The van der Waals surface area contributed by atoms with Crippen LogP contribution in [0, 0.1) is 11.6 Å². The third kappa shape index (κ3) is 4.68. The molecule has 0 atom stereocenters. The van der Waals surface area contributed by atoms with E-state index in [4.69, 9.17) is 11.6 Å². The fraction of sp³-hybridized carbons (Fsp3) is 0.250. The normalized spacial score (nSPS) is 15.6. The van der Waals surface area contributed by atoms with E-state index >= 15 is 0 Å². The summed E-state index contributed by atoms with van der Waals surface area (Å²) in [5.41, 5.74) is 0.938. The predicted octanol–water partition coefficient (Wildman–Crippen LogP) is 3.98. The van der Waals surface area contributed by atoms with Crippen LogP contribution < -0.4 is 0 Å². The van der Waals surface area contributed by atoms with Gasteiger partial charge in [-0.05, 0) is 35.9 Å². The third-order valence-electron chi connectivity index (χ3n) is 4.37. The summed E-state index contributed by atoms with van der Waals surface area (Å²) in [6.07, 6.45) is 2.43. The third-order valence-corrected chi connectivity index (χ3v) is 4.61. The second kappa shape index (κ2) is 8.43. The zero-order chi connectivity index (χ0) is 18.5. The SMILES string of the molecule is O=C(C=Cc1c(F)cccc1F)N1CCN(Cc2cccc(Cl)c2)CC1. The average Bonchev–Trinajstić information content (AvgIpc) is 2.62. The van der Waals surface area contributed by atoms with Crippen LogP contribution in [0.1, 0.15) is 11.1 Å². The minimum absolute atomic E-state index is 0.194. The molecule has 0 unspecified atom stereocenters. The van der Waals surface area contributed by atoms with Crippen molar-refractivity contribution < 1.29 is 13.6 Å². The number of nitrogens with zero attached hydrogens (tertiary/aromatic N) is 2. The van der Waals surface area contributed by atoms with Crippen LogP contribution >= 0.6 is 11.6 Å². The first-order valence-electron chi connectivity index (χ1n) is 8.41. The Kier molecular flexibility index (Phi) is 6.01.